The Morgan fingerprint density at radius 2 is 1.67 bits per heavy atom. The molecule has 0 fully saturated rings. The summed E-state index contributed by atoms with van der Waals surface area (Å²) in [5, 5.41) is 11.6. The van der Waals surface area contributed by atoms with E-state index < -0.39 is 16.0 Å². The first-order valence-corrected chi connectivity index (χ1v) is 8.42. The summed E-state index contributed by atoms with van der Waals surface area (Å²) in [6, 6.07) is 10.00. The number of carboxylic acids is 1. The highest BCUT2D eigenvalue weighted by atomic mass is 32.2. The average Bonchev–Trinajstić information content (AvgIpc) is 2.49. The number of carboxylic acid groups (broad SMARTS) is 1. The van der Waals surface area contributed by atoms with Crippen LogP contribution in [0.25, 0.3) is 0 Å². The van der Waals surface area contributed by atoms with E-state index in [2.05, 4.69) is 10.0 Å². The van der Waals surface area contributed by atoms with Gasteiger partial charge in [-0.3, -0.25) is 9.52 Å². The van der Waals surface area contributed by atoms with Crippen molar-refractivity contribution in [3.63, 3.8) is 0 Å². The molecule has 7 nitrogen and oxygen atoms in total. The monoisotopic (exact) mass is 348 g/mol. The van der Waals surface area contributed by atoms with E-state index in [1.807, 2.05) is 0 Å². The van der Waals surface area contributed by atoms with Crippen LogP contribution in [-0.4, -0.2) is 25.4 Å². The minimum atomic E-state index is -3.88. The Labute approximate surface area is 139 Å². The number of aromatic carboxylic acids is 1. The van der Waals surface area contributed by atoms with E-state index in [4.69, 9.17) is 5.11 Å². The highest BCUT2D eigenvalue weighted by molar-refractivity contribution is 7.92. The number of hydrogen-bond donors (Lipinski definition) is 3. The van der Waals surface area contributed by atoms with Crippen molar-refractivity contribution < 1.29 is 23.1 Å². The lowest BCUT2D eigenvalue weighted by atomic mass is 10.1. The maximum absolute atomic E-state index is 12.4. The van der Waals surface area contributed by atoms with Gasteiger partial charge in [-0.2, -0.15) is 0 Å². The Hall–Kier alpha value is -2.87. The maximum Gasteiger partial charge on any atom is 0.336 e. The van der Waals surface area contributed by atoms with Gasteiger partial charge in [0.1, 0.15) is 0 Å². The molecule has 0 heterocycles. The molecule has 0 aliphatic carbocycles. The molecule has 0 unspecified atom stereocenters. The second-order valence-electron chi connectivity index (χ2n) is 5.09. The minimum Gasteiger partial charge on any atom is -0.478 e. The van der Waals surface area contributed by atoms with Crippen LogP contribution < -0.4 is 10.0 Å². The zero-order valence-corrected chi connectivity index (χ0v) is 13.8. The molecular weight excluding hydrogens is 332 g/mol. The molecule has 0 saturated heterocycles. The zero-order valence-electron chi connectivity index (χ0n) is 13.0. The van der Waals surface area contributed by atoms with E-state index in [1.54, 1.807) is 0 Å². The van der Waals surface area contributed by atoms with E-state index in [0.29, 0.717) is 11.3 Å². The second kappa shape index (κ2) is 6.71. The Balaban J connectivity index is 2.30. The number of hydrogen-bond acceptors (Lipinski definition) is 4. The zero-order chi connectivity index (χ0) is 17.9. The van der Waals surface area contributed by atoms with E-state index in [-0.39, 0.29) is 22.1 Å². The first-order valence-electron chi connectivity index (χ1n) is 6.94. The number of benzene rings is 2. The summed E-state index contributed by atoms with van der Waals surface area (Å²) in [4.78, 5) is 22.1. The van der Waals surface area contributed by atoms with E-state index >= 15 is 0 Å². The highest BCUT2D eigenvalue weighted by Gasteiger charge is 2.17. The fraction of sp³-hybridized carbons (Fsp3) is 0.125. The number of anilines is 2. The van der Waals surface area contributed by atoms with Gasteiger partial charge < -0.3 is 10.4 Å². The second-order valence-corrected chi connectivity index (χ2v) is 6.78. The van der Waals surface area contributed by atoms with Gasteiger partial charge in [0.2, 0.25) is 5.91 Å². The van der Waals surface area contributed by atoms with Gasteiger partial charge in [0.15, 0.2) is 0 Å². The molecule has 2 rings (SSSR count). The molecule has 2 aromatic rings. The number of nitrogens with one attached hydrogen (secondary N) is 2. The van der Waals surface area contributed by atoms with Crippen molar-refractivity contribution in [2.45, 2.75) is 18.7 Å². The SMILES string of the molecule is CC(=O)Nc1ccc(S(=O)(=O)Nc2cccc(C(=O)O)c2C)cc1. The van der Waals surface area contributed by atoms with Crippen LogP contribution >= 0.6 is 0 Å². The van der Waals surface area contributed by atoms with E-state index in [9.17, 15) is 18.0 Å². The van der Waals surface area contributed by atoms with E-state index in [0.717, 1.165) is 0 Å². The molecule has 0 radical (unpaired) electrons. The van der Waals surface area contributed by atoms with Crippen LogP contribution in [-0.2, 0) is 14.8 Å². The summed E-state index contributed by atoms with van der Waals surface area (Å²) in [5.41, 5.74) is 1.02. The van der Waals surface area contributed by atoms with Gasteiger partial charge in [-0.1, -0.05) is 6.07 Å². The molecule has 126 valence electrons. The lowest BCUT2D eigenvalue weighted by Gasteiger charge is -2.12. The number of carbonyl (C=O) groups excluding carboxylic acids is 1. The summed E-state index contributed by atoms with van der Waals surface area (Å²) in [6.07, 6.45) is 0. The lowest BCUT2D eigenvalue weighted by Crippen LogP contribution is -2.15. The molecule has 0 saturated carbocycles. The van der Waals surface area contributed by atoms with Gasteiger partial charge in [0.05, 0.1) is 16.1 Å². The largest absolute Gasteiger partial charge is 0.478 e. The number of rotatable bonds is 5. The average molecular weight is 348 g/mol. The third kappa shape index (κ3) is 3.90. The van der Waals surface area contributed by atoms with Gasteiger partial charge in [-0.05, 0) is 48.9 Å². The Morgan fingerprint density at radius 3 is 2.21 bits per heavy atom. The van der Waals surface area contributed by atoms with Crippen molar-refractivity contribution in [3.05, 3.63) is 53.6 Å². The fourth-order valence-corrected chi connectivity index (χ4v) is 3.23. The molecular formula is C16H16N2O5S. The highest BCUT2D eigenvalue weighted by Crippen LogP contribution is 2.23. The molecule has 0 aliphatic rings. The molecule has 3 N–H and O–H groups in total. The fourth-order valence-electron chi connectivity index (χ4n) is 2.10. The standard InChI is InChI=1S/C16H16N2O5S/c1-10-14(16(20)21)4-3-5-15(10)18-24(22,23)13-8-6-12(7-9-13)17-11(2)19/h3-9,18H,1-2H3,(H,17,19)(H,20,21). The molecule has 1 amide bonds. The van der Waals surface area contributed by atoms with Gasteiger partial charge in [-0.25, -0.2) is 13.2 Å². The molecule has 8 heteroatoms. The third-order valence-electron chi connectivity index (χ3n) is 3.29. The quantitative estimate of drug-likeness (QED) is 0.768. The van der Waals surface area contributed by atoms with Crippen molar-refractivity contribution in [2.24, 2.45) is 0 Å². The molecule has 0 spiro atoms. The molecule has 0 aliphatic heterocycles. The van der Waals surface area contributed by atoms with Crippen LogP contribution in [0.15, 0.2) is 47.4 Å². The van der Waals surface area contributed by atoms with Crippen LogP contribution in [0, 0.1) is 6.92 Å². The molecule has 0 aromatic heterocycles. The topological polar surface area (TPSA) is 113 Å². The number of sulfonamides is 1. The van der Waals surface area contributed by atoms with Crippen LogP contribution in [0.5, 0.6) is 0 Å². The van der Waals surface area contributed by atoms with Gasteiger partial charge in [0.25, 0.3) is 10.0 Å². The van der Waals surface area contributed by atoms with Crippen molar-refractivity contribution in [1.82, 2.24) is 0 Å². The van der Waals surface area contributed by atoms with E-state index in [1.165, 1.54) is 56.3 Å². The predicted octanol–water partition coefficient (Wildman–Crippen LogP) is 2.45. The van der Waals surface area contributed by atoms with Crippen LogP contribution in [0.4, 0.5) is 11.4 Å². The van der Waals surface area contributed by atoms with Crippen LogP contribution in [0.2, 0.25) is 0 Å². The molecule has 24 heavy (non-hydrogen) atoms. The van der Waals surface area contributed by atoms with Gasteiger partial charge in [-0.15, -0.1) is 0 Å². The molecule has 2 aromatic carbocycles. The van der Waals surface area contributed by atoms with Crippen molar-refractivity contribution in [2.75, 3.05) is 10.0 Å². The number of carbonyl (C=O) groups is 2. The first-order chi connectivity index (χ1) is 11.2. The molecule has 0 bridgehead atoms. The van der Waals surface area contributed by atoms with Gasteiger partial charge in [0, 0.05) is 12.6 Å². The summed E-state index contributed by atoms with van der Waals surface area (Å²) in [5.74, 6) is -1.39. The lowest BCUT2D eigenvalue weighted by molar-refractivity contribution is -0.114. The summed E-state index contributed by atoms with van der Waals surface area (Å²) in [6.45, 7) is 2.88. The molecule has 0 atom stereocenters. The van der Waals surface area contributed by atoms with Crippen molar-refractivity contribution in [3.8, 4) is 0 Å². The Kier molecular flexibility index (Phi) is 4.89. The number of amides is 1. The van der Waals surface area contributed by atoms with Crippen molar-refractivity contribution >= 4 is 33.3 Å². The smallest absolute Gasteiger partial charge is 0.336 e. The summed E-state index contributed by atoms with van der Waals surface area (Å²) in [7, 11) is -3.88. The first kappa shape index (κ1) is 17.5. The predicted molar refractivity (Wildman–Crippen MR) is 89.7 cm³/mol. The minimum absolute atomic E-state index is 0.00303. The Morgan fingerprint density at radius 1 is 1.04 bits per heavy atom. The van der Waals surface area contributed by atoms with Gasteiger partial charge >= 0.3 is 5.97 Å². The Bertz CT molecular complexity index is 889. The normalized spacial score (nSPS) is 10.9. The van der Waals surface area contributed by atoms with Crippen molar-refractivity contribution in [1.29, 1.82) is 0 Å². The van der Waals surface area contributed by atoms with Crippen LogP contribution in [0.3, 0.4) is 0 Å². The maximum atomic E-state index is 12.4. The summed E-state index contributed by atoms with van der Waals surface area (Å²) < 4.78 is 27.2. The van der Waals surface area contributed by atoms with Crippen LogP contribution in [0.1, 0.15) is 22.8 Å². The summed E-state index contributed by atoms with van der Waals surface area (Å²) >= 11 is 0. The third-order valence-corrected chi connectivity index (χ3v) is 4.67.